The van der Waals surface area contributed by atoms with E-state index in [1.54, 1.807) is 33.2 Å². The Balaban J connectivity index is 1.77. The lowest BCUT2D eigenvalue weighted by Crippen LogP contribution is -2.63. The maximum atomic E-state index is 13.9. The molecule has 2 saturated heterocycles. The molecule has 1 aromatic rings. The molecule has 0 radical (unpaired) electrons. The Morgan fingerprint density at radius 3 is 2.67 bits per heavy atom. The SMILES string of the molecule is CN[C@@H](C)C(=O)OCC1CC(=O)N(C)c2cc(cc(OC)c2Cl)C/C(C)=C/C=C/[C@@H](OC)[C@@]2(O)C[C@H](OC(=O)N2)[C@@H](C)[C@@H]2O[C@@]12C. The molecule has 13 heteroatoms. The summed E-state index contributed by atoms with van der Waals surface area (Å²) in [6.45, 7) is 7.26. The highest BCUT2D eigenvalue weighted by molar-refractivity contribution is 6.35. The first-order valence-electron chi connectivity index (χ1n) is 15.4. The standard InChI is InChI=1S/C33H46ClN3O9/c1-18-10-9-11-26(43-8)33(41)16-25(45-31(40)36-33)19(2)29-32(4,46-29)22(17-44-30(39)20(3)35-5)15-27(38)37(6)23-13-21(12-18)14-24(42-7)28(23)34/h9-11,13-14,19-20,22,25-26,29,35,41H,12,15-17H2,1-8H3,(H,36,40)/b11-9+,18-10+/t19-,20+,22?,25+,26-,29+,32+,33+/m1/s1. The summed E-state index contributed by atoms with van der Waals surface area (Å²) in [6.07, 6.45) is 2.93. The second-order valence-corrected chi connectivity index (χ2v) is 13.0. The Bertz CT molecular complexity index is 1390. The largest absolute Gasteiger partial charge is 0.495 e. The van der Waals surface area contributed by atoms with Crippen LogP contribution < -0.4 is 20.3 Å². The third-order valence-electron chi connectivity index (χ3n) is 9.40. The summed E-state index contributed by atoms with van der Waals surface area (Å²) < 4.78 is 28.8. The number of nitrogens with zero attached hydrogens (tertiary/aromatic N) is 1. The summed E-state index contributed by atoms with van der Waals surface area (Å²) >= 11 is 6.72. The normalized spacial score (nSPS) is 34.3. The van der Waals surface area contributed by atoms with Crippen molar-refractivity contribution in [3.8, 4) is 5.75 Å². The Hall–Kier alpha value is -3.16. The quantitative estimate of drug-likeness (QED) is 0.305. The van der Waals surface area contributed by atoms with Gasteiger partial charge >= 0.3 is 12.1 Å². The summed E-state index contributed by atoms with van der Waals surface area (Å²) in [5, 5.41) is 17.3. The van der Waals surface area contributed by atoms with Crippen LogP contribution in [0.25, 0.3) is 0 Å². The van der Waals surface area contributed by atoms with Crippen LogP contribution in [0.4, 0.5) is 10.5 Å². The predicted molar refractivity (Wildman–Crippen MR) is 172 cm³/mol. The van der Waals surface area contributed by atoms with Crippen LogP contribution in [-0.2, 0) is 35.0 Å². The van der Waals surface area contributed by atoms with Gasteiger partial charge in [0.25, 0.3) is 0 Å². The second kappa shape index (κ2) is 14.3. The van der Waals surface area contributed by atoms with E-state index in [2.05, 4.69) is 10.6 Å². The number of esters is 1. The highest BCUT2D eigenvalue weighted by atomic mass is 35.5. The van der Waals surface area contributed by atoms with E-state index in [-0.39, 0.29) is 25.4 Å². The number of methoxy groups -OCH3 is 2. The number of aliphatic hydroxyl groups is 1. The lowest BCUT2D eigenvalue weighted by molar-refractivity contribution is -0.148. The number of hydrogen-bond acceptors (Lipinski definition) is 10. The monoisotopic (exact) mass is 663 g/mol. The number of halogens is 1. The summed E-state index contributed by atoms with van der Waals surface area (Å²) in [5.41, 5.74) is -0.379. The van der Waals surface area contributed by atoms with Crippen LogP contribution in [0.5, 0.6) is 5.75 Å². The summed E-state index contributed by atoms with van der Waals surface area (Å²) in [7, 11) is 6.26. The number of benzene rings is 1. The molecular weight excluding hydrogens is 618 g/mol. The molecule has 2 fully saturated rings. The van der Waals surface area contributed by atoms with Gasteiger partial charge in [0.2, 0.25) is 5.91 Å². The van der Waals surface area contributed by atoms with Gasteiger partial charge in [0.05, 0.1) is 31.1 Å². The summed E-state index contributed by atoms with van der Waals surface area (Å²) in [5.74, 6) is -1.28. The van der Waals surface area contributed by atoms with Crippen molar-refractivity contribution in [3.63, 3.8) is 0 Å². The predicted octanol–water partition coefficient (Wildman–Crippen LogP) is 3.52. The van der Waals surface area contributed by atoms with Crippen molar-refractivity contribution in [2.24, 2.45) is 11.8 Å². The molecule has 3 aliphatic rings. The molecule has 12 nitrogen and oxygen atoms in total. The minimum absolute atomic E-state index is 0.0204. The molecule has 0 aromatic heterocycles. The highest BCUT2D eigenvalue weighted by Gasteiger charge is 2.63. The molecule has 3 N–H and O–H groups in total. The van der Waals surface area contributed by atoms with E-state index in [1.165, 1.54) is 19.1 Å². The van der Waals surface area contributed by atoms with Gasteiger partial charge in [0.15, 0.2) is 5.72 Å². The zero-order valence-electron chi connectivity index (χ0n) is 27.7. The van der Waals surface area contributed by atoms with Gasteiger partial charge in [0.1, 0.15) is 29.0 Å². The topological polar surface area (TPSA) is 148 Å². The van der Waals surface area contributed by atoms with Crippen LogP contribution in [0.15, 0.2) is 35.9 Å². The molecule has 4 rings (SSSR count). The van der Waals surface area contributed by atoms with Crippen LogP contribution in [0.2, 0.25) is 5.02 Å². The van der Waals surface area contributed by atoms with E-state index in [9.17, 15) is 19.5 Å². The average molecular weight is 664 g/mol. The van der Waals surface area contributed by atoms with Gasteiger partial charge in [-0.1, -0.05) is 42.3 Å². The summed E-state index contributed by atoms with van der Waals surface area (Å²) in [4.78, 5) is 40.7. The van der Waals surface area contributed by atoms with Crippen molar-refractivity contribution in [1.82, 2.24) is 10.6 Å². The number of allylic oxidation sites excluding steroid dienone is 3. The maximum absolute atomic E-state index is 13.9. The number of alkyl carbamates (subject to hydrolysis) is 1. The molecule has 3 aliphatic heterocycles. The van der Waals surface area contributed by atoms with Crippen LogP contribution >= 0.6 is 11.6 Å². The number of anilines is 1. The van der Waals surface area contributed by atoms with Crippen molar-refractivity contribution in [3.05, 3.63) is 46.5 Å². The number of likely N-dealkylation sites (N-methyl/N-ethyl adjacent to an activating group) is 1. The molecule has 8 atom stereocenters. The molecule has 3 heterocycles. The van der Waals surface area contributed by atoms with Crippen molar-refractivity contribution >= 4 is 35.3 Å². The molecule has 46 heavy (non-hydrogen) atoms. The highest BCUT2D eigenvalue weighted by Crippen LogP contribution is 2.51. The Morgan fingerprint density at radius 2 is 2.02 bits per heavy atom. The first-order valence-corrected chi connectivity index (χ1v) is 15.8. The van der Waals surface area contributed by atoms with Gasteiger partial charge in [-0.25, -0.2) is 4.79 Å². The van der Waals surface area contributed by atoms with Gasteiger partial charge in [-0.2, -0.15) is 0 Å². The van der Waals surface area contributed by atoms with E-state index in [1.807, 2.05) is 39.0 Å². The van der Waals surface area contributed by atoms with Gasteiger partial charge in [-0.05, 0) is 51.9 Å². The molecule has 4 bridgehead atoms. The molecule has 2 amide bonds. The fraction of sp³-hybridized carbons (Fsp3) is 0.606. The first-order chi connectivity index (χ1) is 21.7. The fourth-order valence-corrected chi connectivity index (χ4v) is 6.53. The zero-order valence-corrected chi connectivity index (χ0v) is 28.5. The van der Waals surface area contributed by atoms with E-state index >= 15 is 0 Å². The van der Waals surface area contributed by atoms with Crippen LogP contribution in [0.1, 0.15) is 46.1 Å². The number of fused-ring (bicyclic) bond motifs is 5. The molecule has 0 saturated carbocycles. The van der Waals surface area contributed by atoms with Crippen molar-refractivity contribution in [1.29, 1.82) is 0 Å². The molecule has 0 aliphatic carbocycles. The van der Waals surface area contributed by atoms with E-state index in [0.29, 0.717) is 22.9 Å². The minimum atomic E-state index is -1.76. The van der Waals surface area contributed by atoms with E-state index in [4.69, 9.17) is 35.3 Å². The number of ether oxygens (including phenoxy) is 5. The third-order valence-corrected chi connectivity index (χ3v) is 9.78. The van der Waals surface area contributed by atoms with Gasteiger partial charge in [-0.15, -0.1) is 0 Å². The number of rotatable bonds is 6. The Kier molecular flexibility index (Phi) is 11.1. The molecule has 254 valence electrons. The molecular formula is C33H46ClN3O9. The number of hydrogen-bond donors (Lipinski definition) is 3. The maximum Gasteiger partial charge on any atom is 0.409 e. The first kappa shape index (κ1) is 35.7. The number of carbonyl (C=O) groups is 3. The minimum Gasteiger partial charge on any atom is -0.495 e. The fourth-order valence-electron chi connectivity index (χ4n) is 6.22. The Labute approximate surface area is 275 Å². The number of amides is 2. The van der Waals surface area contributed by atoms with Crippen LogP contribution in [-0.4, -0.2) is 93.7 Å². The van der Waals surface area contributed by atoms with Crippen molar-refractivity contribution < 1.29 is 43.2 Å². The second-order valence-electron chi connectivity index (χ2n) is 12.6. The third kappa shape index (κ3) is 7.52. The van der Waals surface area contributed by atoms with Gasteiger partial charge < -0.3 is 39.0 Å². The number of epoxide rings is 1. The van der Waals surface area contributed by atoms with Crippen molar-refractivity contribution in [2.45, 2.75) is 82.6 Å². The molecule has 1 unspecified atom stereocenters. The summed E-state index contributed by atoms with van der Waals surface area (Å²) in [6, 6.07) is 3.12. The molecule has 0 spiro atoms. The average Bonchev–Trinajstić information content (AvgIpc) is 3.71. The van der Waals surface area contributed by atoms with E-state index < -0.39 is 59.6 Å². The van der Waals surface area contributed by atoms with E-state index in [0.717, 1.165) is 11.1 Å². The number of nitrogens with one attached hydrogen (secondary N) is 2. The van der Waals surface area contributed by atoms with Gasteiger partial charge in [0, 0.05) is 38.8 Å². The zero-order chi connectivity index (χ0) is 34.0. The molecule has 1 aromatic carbocycles. The van der Waals surface area contributed by atoms with Crippen LogP contribution in [0.3, 0.4) is 0 Å². The smallest absolute Gasteiger partial charge is 0.409 e. The lowest BCUT2D eigenvalue weighted by Gasteiger charge is -2.42. The van der Waals surface area contributed by atoms with Crippen molar-refractivity contribution in [2.75, 3.05) is 39.8 Å². The lowest BCUT2D eigenvalue weighted by atomic mass is 9.80. The van der Waals surface area contributed by atoms with Gasteiger partial charge in [-0.3, -0.25) is 14.9 Å². The number of carbonyl (C=O) groups excluding carboxylic acids is 3. The van der Waals surface area contributed by atoms with Crippen LogP contribution in [0, 0.1) is 11.8 Å². The Morgan fingerprint density at radius 1 is 1.30 bits per heavy atom.